The topological polar surface area (TPSA) is 0 Å². The first-order valence-electron chi connectivity index (χ1n) is 4.93. The Kier molecular flexibility index (Phi) is 3.79. The summed E-state index contributed by atoms with van der Waals surface area (Å²) < 4.78 is 27.1. The van der Waals surface area contributed by atoms with Crippen molar-refractivity contribution in [2.45, 2.75) is 4.83 Å². The maximum atomic E-state index is 13.6. The molecule has 1 atom stereocenters. The van der Waals surface area contributed by atoms with Gasteiger partial charge in [0.25, 0.3) is 0 Å². The SMILES string of the molecule is Fc1cccc(F)c1C(Br)c1ccc(Cl)cc1. The number of rotatable bonds is 2. The first-order valence-corrected chi connectivity index (χ1v) is 6.22. The van der Waals surface area contributed by atoms with E-state index in [-0.39, 0.29) is 5.56 Å². The molecule has 2 aromatic rings. The van der Waals surface area contributed by atoms with E-state index in [1.165, 1.54) is 18.2 Å². The molecule has 0 aliphatic rings. The lowest BCUT2D eigenvalue weighted by atomic mass is 10.0. The van der Waals surface area contributed by atoms with Gasteiger partial charge in [0.05, 0.1) is 4.83 Å². The fraction of sp³-hybridized carbons (Fsp3) is 0.0769. The Hall–Kier alpha value is -0.930. The third kappa shape index (κ3) is 2.67. The van der Waals surface area contributed by atoms with Crippen LogP contribution in [0.25, 0.3) is 0 Å². The predicted molar refractivity (Wildman–Crippen MR) is 68.6 cm³/mol. The predicted octanol–water partition coefficient (Wildman–Crippen LogP) is 5.10. The smallest absolute Gasteiger partial charge is 0.130 e. The van der Waals surface area contributed by atoms with Gasteiger partial charge >= 0.3 is 0 Å². The first kappa shape index (κ1) is 12.5. The van der Waals surface area contributed by atoms with Crippen molar-refractivity contribution in [1.82, 2.24) is 0 Å². The number of halogens is 4. The molecule has 0 N–H and O–H groups in total. The molecule has 0 aliphatic heterocycles. The molecule has 0 spiro atoms. The van der Waals surface area contributed by atoms with E-state index >= 15 is 0 Å². The molecule has 0 radical (unpaired) electrons. The highest BCUT2D eigenvalue weighted by atomic mass is 79.9. The van der Waals surface area contributed by atoms with Gasteiger partial charge in [0.15, 0.2) is 0 Å². The van der Waals surface area contributed by atoms with Gasteiger partial charge in [-0.25, -0.2) is 8.78 Å². The largest absolute Gasteiger partial charge is 0.207 e. The van der Waals surface area contributed by atoms with Crippen LogP contribution in [0.1, 0.15) is 16.0 Å². The van der Waals surface area contributed by atoms with Crippen LogP contribution in [0.15, 0.2) is 42.5 Å². The van der Waals surface area contributed by atoms with E-state index in [4.69, 9.17) is 11.6 Å². The van der Waals surface area contributed by atoms with Crippen molar-refractivity contribution in [2.75, 3.05) is 0 Å². The standard InChI is InChI=1S/C13H8BrClF2/c14-13(8-4-6-9(15)7-5-8)12-10(16)2-1-3-11(12)17/h1-7,13H. The van der Waals surface area contributed by atoms with E-state index in [9.17, 15) is 8.78 Å². The fourth-order valence-electron chi connectivity index (χ4n) is 1.55. The Morgan fingerprint density at radius 3 is 2.00 bits per heavy atom. The third-order valence-electron chi connectivity index (χ3n) is 2.42. The summed E-state index contributed by atoms with van der Waals surface area (Å²) in [5, 5.41) is 0.586. The number of hydrogen-bond donors (Lipinski definition) is 0. The first-order chi connectivity index (χ1) is 8.09. The molecule has 17 heavy (non-hydrogen) atoms. The summed E-state index contributed by atoms with van der Waals surface area (Å²) in [6.07, 6.45) is 0. The normalized spacial score (nSPS) is 12.5. The molecule has 2 rings (SSSR count). The second kappa shape index (κ2) is 5.15. The van der Waals surface area contributed by atoms with Gasteiger partial charge < -0.3 is 0 Å². The molecule has 0 aromatic heterocycles. The van der Waals surface area contributed by atoms with Crippen LogP contribution in [0, 0.1) is 11.6 Å². The van der Waals surface area contributed by atoms with Crippen molar-refractivity contribution in [2.24, 2.45) is 0 Å². The molecule has 0 saturated carbocycles. The molecule has 4 heteroatoms. The van der Waals surface area contributed by atoms with Crippen molar-refractivity contribution in [1.29, 1.82) is 0 Å². The summed E-state index contributed by atoms with van der Waals surface area (Å²) in [5.41, 5.74) is 0.758. The lowest BCUT2D eigenvalue weighted by Gasteiger charge is -2.12. The average Bonchev–Trinajstić information content (AvgIpc) is 2.29. The molecule has 0 nitrogen and oxygen atoms in total. The highest BCUT2D eigenvalue weighted by molar-refractivity contribution is 9.09. The van der Waals surface area contributed by atoms with Crippen LogP contribution < -0.4 is 0 Å². The summed E-state index contributed by atoms with van der Waals surface area (Å²) in [5.74, 6) is -1.14. The summed E-state index contributed by atoms with van der Waals surface area (Å²) in [7, 11) is 0. The van der Waals surface area contributed by atoms with E-state index < -0.39 is 16.5 Å². The van der Waals surface area contributed by atoms with Gasteiger partial charge in [-0.15, -0.1) is 0 Å². The Balaban J connectivity index is 2.43. The molecule has 88 valence electrons. The second-order valence-corrected chi connectivity index (χ2v) is 4.90. The van der Waals surface area contributed by atoms with Crippen LogP contribution in [-0.4, -0.2) is 0 Å². The minimum absolute atomic E-state index is 0.00909. The molecule has 0 bridgehead atoms. The summed E-state index contributed by atoms with van der Waals surface area (Å²) in [6.45, 7) is 0. The maximum absolute atomic E-state index is 13.6. The van der Waals surface area contributed by atoms with Gasteiger partial charge in [-0.3, -0.25) is 0 Å². The quantitative estimate of drug-likeness (QED) is 0.676. The van der Waals surface area contributed by atoms with E-state index in [2.05, 4.69) is 15.9 Å². The monoisotopic (exact) mass is 316 g/mol. The molecular weight excluding hydrogens is 309 g/mol. The van der Waals surface area contributed by atoms with Gasteiger partial charge in [0.2, 0.25) is 0 Å². The molecular formula is C13H8BrClF2. The average molecular weight is 318 g/mol. The van der Waals surface area contributed by atoms with Crippen LogP contribution in [0.3, 0.4) is 0 Å². The summed E-state index contributed by atoms with van der Waals surface area (Å²) in [4.78, 5) is -0.527. The molecule has 0 fully saturated rings. The Morgan fingerprint density at radius 2 is 1.47 bits per heavy atom. The second-order valence-electron chi connectivity index (χ2n) is 3.55. The zero-order chi connectivity index (χ0) is 12.4. The summed E-state index contributed by atoms with van der Waals surface area (Å²) >= 11 is 9.06. The maximum Gasteiger partial charge on any atom is 0.130 e. The molecule has 1 unspecified atom stereocenters. The Labute approximate surface area is 111 Å². The minimum atomic E-state index is -0.568. The molecule has 0 heterocycles. The van der Waals surface area contributed by atoms with Gasteiger partial charge in [0, 0.05) is 10.6 Å². The van der Waals surface area contributed by atoms with Gasteiger partial charge in [0.1, 0.15) is 11.6 Å². The Morgan fingerprint density at radius 1 is 0.941 bits per heavy atom. The van der Waals surface area contributed by atoms with Crippen molar-refractivity contribution >= 4 is 27.5 Å². The lowest BCUT2D eigenvalue weighted by molar-refractivity contribution is 0.561. The molecule has 0 saturated heterocycles. The number of hydrogen-bond acceptors (Lipinski definition) is 0. The van der Waals surface area contributed by atoms with Crippen LogP contribution in [0.4, 0.5) is 8.78 Å². The molecule has 2 aromatic carbocycles. The lowest BCUT2D eigenvalue weighted by Crippen LogP contribution is -2.00. The fourth-order valence-corrected chi connectivity index (χ4v) is 2.42. The molecule has 0 amide bonds. The van der Waals surface area contributed by atoms with Gasteiger partial charge in [-0.05, 0) is 29.8 Å². The van der Waals surface area contributed by atoms with Crippen LogP contribution in [0.2, 0.25) is 5.02 Å². The van der Waals surface area contributed by atoms with Crippen molar-refractivity contribution in [3.8, 4) is 0 Å². The van der Waals surface area contributed by atoms with E-state index in [0.29, 0.717) is 5.02 Å². The van der Waals surface area contributed by atoms with Crippen molar-refractivity contribution in [3.63, 3.8) is 0 Å². The van der Waals surface area contributed by atoms with E-state index in [1.807, 2.05) is 0 Å². The van der Waals surface area contributed by atoms with Crippen LogP contribution >= 0.6 is 27.5 Å². The van der Waals surface area contributed by atoms with Gasteiger partial charge in [-0.1, -0.05) is 45.7 Å². The zero-order valence-corrected chi connectivity index (χ0v) is 11.0. The molecule has 0 aliphatic carbocycles. The summed E-state index contributed by atoms with van der Waals surface area (Å²) in [6, 6.07) is 10.6. The minimum Gasteiger partial charge on any atom is -0.207 e. The van der Waals surface area contributed by atoms with E-state index in [0.717, 1.165) is 5.56 Å². The Bertz CT molecular complexity index is 505. The third-order valence-corrected chi connectivity index (χ3v) is 3.65. The van der Waals surface area contributed by atoms with Crippen LogP contribution in [-0.2, 0) is 0 Å². The zero-order valence-electron chi connectivity index (χ0n) is 8.63. The van der Waals surface area contributed by atoms with Crippen molar-refractivity contribution in [3.05, 3.63) is 70.2 Å². The number of benzene rings is 2. The van der Waals surface area contributed by atoms with E-state index in [1.54, 1.807) is 24.3 Å². The van der Waals surface area contributed by atoms with Gasteiger partial charge in [-0.2, -0.15) is 0 Å². The van der Waals surface area contributed by atoms with Crippen molar-refractivity contribution < 1.29 is 8.78 Å². The van der Waals surface area contributed by atoms with Crippen LogP contribution in [0.5, 0.6) is 0 Å². The highest BCUT2D eigenvalue weighted by Gasteiger charge is 2.18. The number of alkyl halides is 1. The highest BCUT2D eigenvalue weighted by Crippen LogP contribution is 2.34.